The summed E-state index contributed by atoms with van der Waals surface area (Å²) in [6, 6.07) is 12.4. The zero-order chi connectivity index (χ0) is 16.3. The lowest BCUT2D eigenvalue weighted by Crippen LogP contribution is -2.19. The van der Waals surface area contributed by atoms with E-state index in [1.54, 1.807) is 19.9 Å². The predicted molar refractivity (Wildman–Crippen MR) is 86.1 cm³/mol. The van der Waals surface area contributed by atoms with Crippen LogP contribution in [0.25, 0.3) is 0 Å². The van der Waals surface area contributed by atoms with Crippen molar-refractivity contribution in [3.05, 3.63) is 69.3 Å². The van der Waals surface area contributed by atoms with Gasteiger partial charge in [-0.05, 0) is 43.5 Å². The number of rotatable bonds is 4. The average molecular weight is 298 g/mol. The monoisotopic (exact) mass is 298 g/mol. The van der Waals surface area contributed by atoms with Crippen LogP contribution >= 0.6 is 0 Å². The molecule has 0 saturated heterocycles. The van der Waals surface area contributed by atoms with Crippen molar-refractivity contribution in [3.63, 3.8) is 0 Å². The van der Waals surface area contributed by atoms with Crippen molar-refractivity contribution in [1.29, 1.82) is 0 Å². The minimum absolute atomic E-state index is 0.0864. The summed E-state index contributed by atoms with van der Waals surface area (Å²) in [7, 11) is 0. The van der Waals surface area contributed by atoms with Crippen LogP contribution in [0.1, 0.15) is 29.5 Å². The number of amides is 1. The van der Waals surface area contributed by atoms with E-state index < -0.39 is 4.92 Å². The van der Waals surface area contributed by atoms with E-state index in [0.29, 0.717) is 0 Å². The highest BCUT2D eigenvalue weighted by Crippen LogP contribution is 2.29. The van der Waals surface area contributed by atoms with E-state index >= 15 is 0 Å². The van der Waals surface area contributed by atoms with Gasteiger partial charge in [-0.15, -0.1) is 0 Å². The van der Waals surface area contributed by atoms with E-state index in [4.69, 9.17) is 0 Å². The van der Waals surface area contributed by atoms with Gasteiger partial charge < -0.3 is 5.32 Å². The Morgan fingerprint density at radius 2 is 1.73 bits per heavy atom. The molecular formula is C17H18N2O3. The highest BCUT2D eigenvalue weighted by molar-refractivity contribution is 5.97. The molecule has 0 radical (unpaired) electrons. The predicted octanol–water partition coefficient (Wildman–Crippen LogP) is 3.95. The molecule has 5 heteroatoms. The Hall–Kier alpha value is -2.69. The van der Waals surface area contributed by atoms with Crippen LogP contribution in [0.5, 0.6) is 0 Å². The molecule has 0 aliphatic rings. The second-order valence-electron chi connectivity index (χ2n) is 5.33. The van der Waals surface area contributed by atoms with Crippen molar-refractivity contribution in [1.82, 2.24) is 0 Å². The first-order chi connectivity index (χ1) is 10.4. The third-order valence-corrected chi connectivity index (χ3v) is 3.76. The normalized spacial score (nSPS) is 11.8. The Morgan fingerprint density at radius 1 is 1.14 bits per heavy atom. The highest BCUT2D eigenvalue weighted by Gasteiger charge is 2.21. The van der Waals surface area contributed by atoms with Gasteiger partial charge >= 0.3 is 0 Å². The molecule has 0 aliphatic heterocycles. The van der Waals surface area contributed by atoms with E-state index in [1.807, 2.05) is 37.3 Å². The van der Waals surface area contributed by atoms with Crippen LogP contribution < -0.4 is 5.32 Å². The van der Waals surface area contributed by atoms with E-state index in [1.165, 1.54) is 6.07 Å². The maximum absolute atomic E-state index is 12.4. The number of nitrogens with one attached hydrogen (secondary N) is 1. The number of carbonyl (C=O) groups is 1. The first-order valence-electron chi connectivity index (χ1n) is 7.01. The third-order valence-electron chi connectivity index (χ3n) is 3.76. The van der Waals surface area contributed by atoms with Gasteiger partial charge in [0.2, 0.25) is 5.91 Å². The molecule has 0 aliphatic carbocycles. The molecule has 2 rings (SSSR count). The van der Waals surface area contributed by atoms with Crippen molar-refractivity contribution in [2.45, 2.75) is 26.7 Å². The van der Waals surface area contributed by atoms with Crippen molar-refractivity contribution < 1.29 is 9.72 Å². The second-order valence-corrected chi connectivity index (χ2v) is 5.33. The van der Waals surface area contributed by atoms with Gasteiger partial charge in [-0.1, -0.05) is 30.3 Å². The number of benzene rings is 2. The first kappa shape index (κ1) is 15.7. The maximum Gasteiger partial charge on any atom is 0.293 e. The summed E-state index contributed by atoms with van der Waals surface area (Å²) in [6.45, 7) is 5.44. The molecule has 0 saturated carbocycles. The minimum atomic E-state index is -0.477. The highest BCUT2D eigenvalue weighted by atomic mass is 16.6. The molecule has 2 aromatic rings. The number of nitrogens with zero attached hydrogens (tertiary/aromatic N) is 1. The van der Waals surface area contributed by atoms with Gasteiger partial charge in [0.05, 0.1) is 10.8 Å². The van der Waals surface area contributed by atoms with Crippen LogP contribution in [-0.4, -0.2) is 10.8 Å². The molecule has 5 nitrogen and oxygen atoms in total. The van der Waals surface area contributed by atoms with E-state index in [9.17, 15) is 14.9 Å². The molecule has 0 aromatic heterocycles. The SMILES string of the molecule is Cc1cc(NC(=O)[C@@H](C)c2ccccc2)c([N+](=O)[O-])cc1C. The number of hydrogen-bond donors (Lipinski definition) is 1. The molecule has 1 atom stereocenters. The topological polar surface area (TPSA) is 72.2 Å². The molecule has 0 bridgehead atoms. The van der Waals surface area contributed by atoms with Crippen molar-refractivity contribution in [2.75, 3.05) is 5.32 Å². The minimum Gasteiger partial charge on any atom is -0.320 e. The van der Waals surface area contributed by atoms with Crippen LogP contribution in [0.2, 0.25) is 0 Å². The van der Waals surface area contributed by atoms with Gasteiger partial charge in [0.1, 0.15) is 5.69 Å². The molecule has 1 N–H and O–H groups in total. The number of anilines is 1. The third kappa shape index (κ3) is 3.31. The van der Waals surface area contributed by atoms with Gasteiger partial charge in [0.25, 0.3) is 5.69 Å². The zero-order valence-electron chi connectivity index (χ0n) is 12.8. The van der Waals surface area contributed by atoms with Gasteiger partial charge in [-0.25, -0.2) is 0 Å². The number of nitro benzene ring substituents is 1. The molecule has 1 amide bonds. The Balaban J connectivity index is 2.28. The smallest absolute Gasteiger partial charge is 0.293 e. The van der Waals surface area contributed by atoms with Gasteiger partial charge in [0.15, 0.2) is 0 Å². The largest absolute Gasteiger partial charge is 0.320 e. The molecule has 0 fully saturated rings. The summed E-state index contributed by atoms with van der Waals surface area (Å²) in [4.78, 5) is 23.0. The molecular weight excluding hydrogens is 280 g/mol. The number of aryl methyl sites for hydroxylation is 2. The maximum atomic E-state index is 12.4. The van der Waals surface area contributed by atoms with Crippen molar-refractivity contribution in [3.8, 4) is 0 Å². The fraction of sp³-hybridized carbons (Fsp3) is 0.235. The molecule has 0 unspecified atom stereocenters. The van der Waals surface area contributed by atoms with Crippen LogP contribution in [0, 0.1) is 24.0 Å². The summed E-state index contributed by atoms with van der Waals surface area (Å²) >= 11 is 0. The Morgan fingerprint density at radius 3 is 2.32 bits per heavy atom. The number of carbonyl (C=O) groups excluding carboxylic acids is 1. The second kappa shape index (κ2) is 6.39. The lowest BCUT2D eigenvalue weighted by molar-refractivity contribution is -0.384. The number of hydrogen-bond acceptors (Lipinski definition) is 3. The van der Waals surface area contributed by atoms with Crippen LogP contribution in [0.15, 0.2) is 42.5 Å². The molecule has 22 heavy (non-hydrogen) atoms. The lowest BCUT2D eigenvalue weighted by Gasteiger charge is -2.13. The van der Waals surface area contributed by atoms with E-state index in [2.05, 4.69) is 5.32 Å². The fourth-order valence-corrected chi connectivity index (χ4v) is 2.19. The average Bonchev–Trinajstić information content (AvgIpc) is 2.50. The summed E-state index contributed by atoms with van der Waals surface area (Å²) in [6.07, 6.45) is 0. The van der Waals surface area contributed by atoms with Gasteiger partial charge in [0, 0.05) is 6.07 Å². The summed E-state index contributed by atoms with van der Waals surface area (Å²) in [5.74, 6) is -0.653. The Labute approximate surface area is 129 Å². The summed E-state index contributed by atoms with van der Waals surface area (Å²) < 4.78 is 0. The van der Waals surface area contributed by atoms with Gasteiger partial charge in [-0.2, -0.15) is 0 Å². The fourth-order valence-electron chi connectivity index (χ4n) is 2.19. The molecule has 0 heterocycles. The summed E-state index contributed by atoms with van der Waals surface area (Å²) in [5, 5.41) is 13.8. The Kier molecular flexibility index (Phi) is 4.56. The zero-order valence-corrected chi connectivity index (χ0v) is 12.8. The molecule has 114 valence electrons. The molecule has 2 aromatic carbocycles. The van der Waals surface area contributed by atoms with Crippen LogP contribution in [-0.2, 0) is 4.79 Å². The number of nitro groups is 1. The Bertz CT molecular complexity index is 711. The van der Waals surface area contributed by atoms with Crippen molar-refractivity contribution >= 4 is 17.3 Å². The standard InChI is InChI=1S/C17H18N2O3/c1-11-9-15(16(19(21)22)10-12(11)2)18-17(20)13(3)14-7-5-4-6-8-14/h4-10,13H,1-3H3,(H,18,20)/t13-/m0/s1. The van der Waals surface area contributed by atoms with E-state index in [-0.39, 0.29) is 23.2 Å². The summed E-state index contributed by atoms with van der Waals surface area (Å²) in [5.41, 5.74) is 2.73. The lowest BCUT2D eigenvalue weighted by atomic mass is 10.00. The first-order valence-corrected chi connectivity index (χ1v) is 7.01. The van der Waals surface area contributed by atoms with Crippen LogP contribution in [0.4, 0.5) is 11.4 Å². The molecule has 0 spiro atoms. The van der Waals surface area contributed by atoms with Crippen molar-refractivity contribution in [2.24, 2.45) is 0 Å². The van der Waals surface area contributed by atoms with E-state index in [0.717, 1.165) is 16.7 Å². The quantitative estimate of drug-likeness (QED) is 0.686. The van der Waals surface area contributed by atoms with Crippen LogP contribution in [0.3, 0.4) is 0 Å². The van der Waals surface area contributed by atoms with Gasteiger partial charge in [-0.3, -0.25) is 14.9 Å².